The van der Waals surface area contributed by atoms with Crippen molar-refractivity contribution < 1.29 is 19.1 Å². The Labute approximate surface area is 84.0 Å². The van der Waals surface area contributed by atoms with Crippen molar-refractivity contribution in [2.75, 3.05) is 27.7 Å². The van der Waals surface area contributed by atoms with Crippen LogP contribution in [0.2, 0.25) is 0 Å². The number of hydrogen-bond donors (Lipinski definition) is 0. The first-order valence-electron chi connectivity index (χ1n) is 4.37. The zero-order chi connectivity index (χ0) is 11.1. The molecule has 0 aromatic heterocycles. The van der Waals surface area contributed by atoms with Crippen molar-refractivity contribution in [3.05, 3.63) is 0 Å². The van der Waals surface area contributed by atoms with Gasteiger partial charge in [-0.1, -0.05) is 0 Å². The summed E-state index contributed by atoms with van der Waals surface area (Å²) in [4.78, 5) is 23.7. The van der Waals surface area contributed by atoms with E-state index >= 15 is 0 Å². The minimum absolute atomic E-state index is 0.444. The van der Waals surface area contributed by atoms with E-state index in [1.165, 1.54) is 14.0 Å². The van der Waals surface area contributed by atoms with Gasteiger partial charge in [-0.05, 0) is 14.1 Å². The van der Waals surface area contributed by atoms with Crippen LogP contribution in [0.25, 0.3) is 0 Å². The molecule has 0 heterocycles. The third-order valence-corrected chi connectivity index (χ3v) is 1.61. The number of rotatable bonds is 5. The van der Waals surface area contributed by atoms with E-state index < -0.39 is 18.0 Å². The Morgan fingerprint density at radius 2 is 1.93 bits per heavy atom. The van der Waals surface area contributed by atoms with Gasteiger partial charge in [0.2, 0.25) is 0 Å². The van der Waals surface area contributed by atoms with Gasteiger partial charge in [-0.2, -0.15) is 0 Å². The highest BCUT2D eigenvalue weighted by molar-refractivity contribution is 5.78. The molecule has 0 amide bonds. The van der Waals surface area contributed by atoms with Crippen LogP contribution in [-0.2, 0) is 19.1 Å². The highest BCUT2D eigenvalue weighted by Crippen LogP contribution is 2.02. The van der Waals surface area contributed by atoms with Crippen molar-refractivity contribution in [3.8, 4) is 0 Å². The van der Waals surface area contributed by atoms with E-state index in [-0.39, 0.29) is 0 Å². The van der Waals surface area contributed by atoms with Gasteiger partial charge in [0.15, 0.2) is 6.10 Å². The first-order chi connectivity index (χ1) is 6.47. The molecule has 0 fully saturated rings. The summed E-state index contributed by atoms with van der Waals surface area (Å²) in [6, 6.07) is 0. The van der Waals surface area contributed by atoms with Crippen molar-refractivity contribution >= 4 is 11.9 Å². The van der Waals surface area contributed by atoms with Gasteiger partial charge in [0.25, 0.3) is 0 Å². The number of nitrogens with zero attached hydrogens (tertiary/aromatic N) is 1. The molecule has 82 valence electrons. The van der Waals surface area contributed by atoms with Gasteiger partial charge in [0.1, 0.15) is 0 Å². The topological polar surface area (TPSA) is 55.8 Å². The van der Waals surface area contributed by atoms with Crippen LogP contribution < -0.4 is 0 Å². The van der Waals surface area contributed by atoms with Crippen molar-refractivity contribution in [2.45, 2.75) is 19.4 Å². The van der Waals surface area contributed by atoms with Crippen LogP contribution in [0.3, 0.4) is 0 Å². The van der Waals surface area contributed by atoms with Gasteiger partial charge in [0.05, 0.1) is 7.11 Å². The molecule has 14 heavy (non-hydrogen) atoms. The second-order valence-electron chi connectivity index (χ2n) is 3.21. The summed E-state index contributed by atoms with van der Waals surface area (Å²) < 4.78 is 9.32. The van der Waals surface area contributed by atoms with Crippen molar-refractivity contribution in [3.63, 3.8) is 0 Å². The summed E-state index contributed by atoms with van der Waals surface area (Å²) in [6.45, 7) is 1.93. The van der Waals surface area contributed by atoms with Crippen molar-refractivity contribution in [1.29, 1.82) is 0 Å². The minimum atomic E-state index is -0.792. The zero-order valence-corrected chi connectivity index (χ0v) is 9.07. The smallest absolute Gasteiger partial charge is 0.347 e. The quantitative estimate of drug-likeness (QED) is 0.591. The number of carbonyl (C=O) groups excluding carboxylic acids is 2. The molecule has 5 nitrogen and oxygen atoms in total. The Kier molecular flexibility index (Phi) is 5.87. The van der Waals surface area contributed by atoms with E-state index in [4.69, 9.17) is 4.74 Å². The van der Waals surface area contributed by atoms with Crippen LogP contribution in [0.5, 0.6) is 0 Å². The van der Waals surface area contributed by atoms with Gasteiger partial charge < -0.3 is 14.4 Å². The summed E-state index contributed by atoms with van der Waals surface area (Å²) in [5.41, 5.74) is 0. The molecule has 0 aromatic carbocycles. The van der Waals surface area contributed by atoms with Gasteiger partial charge in [-0.15, -0.1) is 0 Å². The first-order valence-corrected chi connectivity index (χ1v) is 4.37. The van der Waals surface area contributed by atoms with E-state index in [9.17, 15) is 9.59 Å². The molecule has 5 heteroatoms. The summed E-state index contributed by atoms with van der Waals surface area (Å²) in [7, 11) is 5.03. The number of methoxy groups -OCH3 is 1. The Morgan fingerprint density at radius 3 is 2.29 bits per heavy atom. The summed E-state index contributed by atoms with van der Waals surface area (Å²) in [6.07, 6.45) is -0.348. The second-order valence-corrected chi connectivity index (χ2v) is 3.21. The van der Waals surface area contributed by atoms with Crippen LogP contribution in [0.4, 0.5) is 0 Å². The minimum Gasteiger partial charge on any atom is -0.466 e. The monoisotopic (exact) mass is 203 g/mol. The SMILES string of the molecule is COC(=O)C(CCN(C)C)OC(C)=O. The molecule has 0 bridgehead atoms. The Bertz CT molecular complexity index is 203. The zero-order valence-electron chi connectivity index (χ0n) is 9.07. The molecule has 0 rings (SSSR count). The van der Waals surface area contributed by atoms with Crippen LogP contribution in [0, 0.1) is 0 Å². The van der Waals surface area contributed by atoms with E-state index in [2.05, 4.69) is 4.74 Å². The Hall–Kier alpha value is -1.10. The molecule has 0 N–H and O–H groups in total. The van der Waals surface area contributed by atoms with Crippen molar-refractivity contribution in [1.82, 2.24) is 4.90 Å². The lowest BCUT2D eigenvalue weighted by Gasteiger charge is -2.16. The molecule has 0 saturated heterocycles. The standard InChI is InChI=1S/C9H17NO4/c1-7(11)14-8(9(12)13-4)5-6-10(2)3/h8H,5-6H2,1-4H3. The van der Waals surface area contributed by atoms with E-state index in [1.54, 1.807) is 0 Å². The number of hydrogen-bond acceptors (Lipinski definition) is 5. The predicted molar refractivity (Wildman–Crippen MR) is 50.7 cm³/mol. The van der Waals surface area contributed by atoms with Gasteiger partial charge >= 0.3 is 11.9 Å². The lowest BCUT2D eigenvalue weighted by atomic mass is 10.2. The highest BCUT2D eigenvalue weighted by Gasteiger charge is 2.21. The summed E-state index contributed by atoms with van der Waals surface area (Å²) in [5, 5.41) is 0. The highest BCUT2D eigenvalue weighted by atomic mass is 16.6. The average molecular weight is 203 g/mol. The molecule has 0 spiro atoms. The van der Waals surface area contributed by atoms with Gasteiger partial charge in [-0.25, -0.2) is 4.79 Å². The molecule has 1 unspecified atom stereocenters. The molecule has 0 aromatic rings. The molecule has 0 aliphatic carbocycles. The molecular weight excluding hydrogens is 186 g/mol. The average Bonchev–Trinajstić information content (AvgIpc) is 2.10. The maximum Gasteiger partial charge on any atom is 0.347 e. The van der Waals surface area contributed by atoms with E-state index in [0.29, 0.717) is 13.0 Å². The predicted octanol–water partition coefficient (Wildman–Crippen LogP) is 0.0428. The summed E-state index contributed by atoms with van der Waals surface area (Å²) >= 11 is 0. The Balaban J connectivity index is 4.10. The molecule has 0 saturated carbocycles. The first kappa shape index (κ1) is 12.9. The largest absolute Gasteiger partial charge is 0.466 e. The third kappa shape index (κ3) is 5.53. The number of esters is 2. The number of ether oxygens (including phenoxy) is 2. The second kappa shape index (κ2) is 6.37. The van der Waals surface area contributed by atoms with Gasteiger partial charge in [0, 0.05) is 19.9 Å². The van der Waals surface area contributed by atoms with Crippen molar-refractivity contribution in [2.24, 2.45) is 0 Å². The van der Waals surface area contributed by atoms with Crippen LogP contribution >= 0.6 is 0 Å². The fourth-order valence-corrected chi connectivity index (χ4v) is 0.932. The summed E-state index contributed by atoms with van der Waals surface area (Å²) in [5.74, 6) is -0.985. The molecule has 0 radical (unpaired) electrons. The fraction of sp³-hybridized carbons (Fsp3) is 0.778. The maximum absolute atomic E-state index is 11.1. The lowest BCUT2D eigenvalue weighted by Crippen LogP contribution is -2.31. The maximum atomic E-state index is 11.1. The molecule has 0 aliphatic rings. The van der Waals surface area contributed by atoms with E-state index in [0.717, 1.165) is 0 Å². The third-order valence-electron chi connectivity index (χ3n) is 1.61. The molecular formula is C9H17NO4. The van der Waals surface area contributed by atoms with Crippen LogP contribution in [0.15, 0.2) is 0 Å². The Morgan fingerprint density at radius 1 is 1.36 bits per heavy atom. The molecule has 0 aliphatic heterocycles. The normalized spacial score (nSPS) is 12.4. The fourth-order valence-electron chi connectivity index (χ4n) is 0.932. The van der Waals surface area contributed by atoms with Crippen LogP contribution in [0.1, 0.15) is 13.3 Å². The number of carbonyl (C=O) groups is 2. The van der Waals surface area contributed by atoms with Crippen LogP contribution in [-0.4, -0.2) is 50.7 Å². The molecule has 1 atom stereocenters. The van der Waals surface area contributed by atoms with E-state index in [1.807, 2.05) is 19.0 Å². The lowest BCUT2D eigenvalue weighted by molar-refractivity contribution is -0.165. The van der Waals surface area contributed by atoms with Gasteiger partial charge in [-0.3, -0.25) is 4.79 Å².